The van der Waals surface area contributed by atoms with Gasteiger partial charge in [0.2, 0.25) is 0 Å². The van der Waals surface area contributed by atoms with Crippen LogP contribution in [0.25, 0.3) is 0 Å². The largest absolute Gasteiger partial charge is 0.481 e. The van der Waals surface area contributed by atoms with Crippen molar-refractivity contribution in [2.24, 2.45) is 0 Å². The van der Waals surface area contributed by atoms with Crippen LogP contribution in [0.15, 0.2) is 0 Å². The van der Waals surface area contributed by atoms with E-state index in [1.165, 1.54) is 0 Å². The second-order valence-electron chi connectivity index (χ2n) is 3.93. The summed E-state index contributed by atoms with van der Waals surface area (Å²) in [5, 5.41) is 8.32. The number of sulfone groups is 1. The summed E-state index contributed by atoms with van der Waals surface area (Å²) in [6, 6.07) is 0. The van der Waals surface area contributed by atoms with Crippen LogP contribution in [-0.4, -0.2) is 30.0 Å². The molecule has 0 aliphatic rings. The van der Waals surface area contributed by atoms with Crippen molar-refractivity contribution in [3.63, 3.8) is 0 Å². The monoisotopic (exact) mass is 208 g/mol. The fraction of sp³-hybridized carbons (Fsp3) is 0.875. The summed E-state index contributed by atoms with van der Waals surface area (Å²) in [5.41, 5.74) is 0. The number of rotatable bonds is 4. The first-order valence-electron chi connectivity index (χ1n) is 4.11. The molecule has 0 aromatic heterocycles. The number of aliphatic carboxylic acids is 1. The summed E-state index contributed by atoms with van der Waals surface area (Å²) in [6.07, 6.45) is 0.101. The maximum absolute atomic E-state index is 11.4. The van der Waals surface area contributed by atoms with Crippen molar-refractivity contribution in [1.29, 1.82) is 0 Å². The molecule has 0 radical (unpaired) electrons. The van der Waals surface area contributed by atoms with Gasteiger partial charge in [0.25, 0.3) is 0 Å². The summed E-state index contributed by atoms with van der Waals surface area (Å²) in [7, 11) is -3.16. The molecule has 0 atom stereocenters. The number of hydrogen-bond donors (Lipinski definition) is 1. The number of carboxylic acid groups (broad SMARTS) is 1. The van der Waals surface area contributed by atoms with Crippen LogP contribution in [0.2, 0.25) is 0 Å². The zero-order valence-electron chi connectivity index (χ0n) is 8.20. The lowest BCUT2D eigenvalue weighted by molar-refractivity contribution is -0.137. The number of hydrogen-bond acceptors (Lipinski definition) is 3. The van der Waals surface area contributed by atoms with Crippen LogP contribution >= 0.6 is 0 Å². The van der Waals surface area contributed by atoms with E-state index in [9.17, 15) is 13.2 Å². The molecule has 78 valence electrons. The van der Waals surface area contributed by atoms with E-state index in [1.54, 1.807) is 20.8 Å². The van der Waals surface area contributed by atoms with Crippen LogP contribution in [0, 0.1) is 0 Å². The molecule has 0 spiro atoms. The van der Waals surface area contributed by atoms with E-state index < -0.39 is 20.6 Å². The highest BCUT2D eigenvalue weighted by Crippen LogP contribution is 2.17. The molecule has 5 heteroatoms. The molecule has 0 aromatic carbocycles. The molecule has 0 rings (SSSR count). The SMILES string of the molecule is CC(C)(C)S(=O)(=O)CCCC(=O)O. The first-order valence-corrected chi connectivity index (χ1v) is 5.76. The van der Waals surface area contributed by atoms with E-state index in [4.69, 9.17) is 5.11 Å². The quantitative estimate of drug-likeness (QED) is 0.750. The fourth-order valence-corrected chi connectivity index (χ4v) is 1.86. The van der Waals surface area contributed by atoms with E-state index in [0.717, 1.165) is 0 Å². The molecule has 0 unspecified atom stereocenters. The van der Waals surface area contributed by atoms with Gasteiger partial charge >= 0.3 is 5.97 Å². The molecule has 13 heavy (non-hydrogen) atoms. The predicted octanol–water partition coefficient (Wildman–Crippen LogP) is 1.06. The van der Waals surface area contributed by atoms with Gasteiger partial charge in [0, 0.05) is 6.42 Å². The Morgan fingerprint density at radius 2 is 1.77 bits per heavy atom. The third kappa shape index (κ3) is 4.26. The van der Waals surface area contributed by atoms with Crippen molar-refractivity contribution in [3.05, 3.63) is 0 Å². The molecule has 0 saturated heterocycles. The van der Waals surface area contributed by atoms with Crippen LogP contribution < -0.4 is 0 Å². The maximum atomic E-state index is 11.4. The topological polar surface area (TPSA) is 71.4 Å². The van der Waals surface area contributed by atoms with Crippen LogP contribution in [-0.2, 0) is 14.6 Å². The van der Waals surface area contributed by atoms with Gasteiger partial charge in [-0.1, -0.05) is 0 Å². The van der Waals surface area contributed by atoms with Crippen molar-refractivity contribution in [2.75, 3.05) is 5.75 Å². The van der Waals surface area contributed by atoms with Gasteiger partial charge < -0.3 is 5.11 Å². The van der Waals surface area contributed by atoms with Crippen molar-refractivity contribution in [2.45, 2.75) is 38.4 Å². The summed E-state index contributed by atoms with van der Waals surface area (Å²) in [6.45, 7) is 4.84. The van der Waals surface area contributed by atoms with Crippen LogP contribution in [0.4, 0.5) is 0 Å². The van der Waals surface area contributed by atoms with Crippen molar-refractivity contribution < 1.29 is 18.3 Å². The third-order valence-corrected chi connectivity index (χ3v) is 4.43. The smallest absolute Gasteiger partial charge is 0.303 e. The molecule has 0 aliphatic heterocycles. The van der Waals surface area contributed by atoms with E-state index in [1.807, 2.05) is 0 Å². The summed E-state index contributed by atoms with van der Waals surface area (Å²) in [4.78, 5) is 10.1. The summed E-state index contributed by atoms with van der Waals surface area (Å²) >= 11 is 0. The zero-order chi connectivity index (χ0) is 10.7. The first kappa shape index (κ1) is 12.4. The lowest BCUT2D eigenvalue weighted by Crippen LogP contribution is -2.30. The van der Waals surface area contributed by atoms with Crippen molar-refractivity contribution in [1.82, 2.24) is 0 Å². The molecular weight excluding hydrogens is 192 g/mol. The Morgan fingerprint density at radius 3 is 2.08 bits per heavy atom. The lowest BCUT2D eigenvalue weighted by Gasteiger charge is -2.18. The average Bonchev–Trinajstić information content (AvgIpc) is 1.82. The summed E-state index contributed by atoms with van der Waals surface area (Å²) in [5.74, 6) is -1.01. The Morgan fingerprint density at radius 1 is 1.31 bits per heavy atom. The Bertz CT molecular complexity index is 271. The minimum atomic E-state index is -3.16. The Hall–Kier alpha value is -0.580. The van der Waals surface area contributed by atoms with Gasteiger partial charge in [-0.05, 0) is 27.2 Å². The van der Waals surface area contributed by atoms with Gasteiger partial charge in [0.1, 0.15) is 0 Å². The Labute approximate surface area is 78.9 Å². The van der Waals surface area contributed by atoms with Crippen molar-refractivity contribution in [3.8, 4) is 0 Å². The van der Waals surface area contributed by atoms with Crippen molar-refractivity contribution >= 4 is 15.8 Å². The number of carboxylic acids is 1. The van der Waals surface area contributed by atoms with Crippen LogP contribution in [0.3, 0.4) is 0 Å². The van der Waals surface area contributed by atoms with Gasteiger partial charge in [-0.15, -0.1) is 0 Å². The molecule has 0 heterocycles. The molecule has 1 N–H and O–H groups in total. The second kappa shape index (κ2) is 4.09. The van der Waals surface area contributed by atoms with Gasteiger partial charge in [-0.25, -0.2) is 8.42 Å². The standard InChI is InChI=1S/C8H16O4S/c1-8(2,3)13(11,12)6-4-5-7(9)10/h4-6H2,1-3H3,(H,9,10). The van der Waals surface area contributed by atoms with Crippen LogP contribution in [0.5, 0.6) is 0 Å². The minimum Gasteiger partial charge on any atom is -0.481 e. The molecule has 4 nitrogen and oxygen atoms in total. The van der Waals surface area contributed by atoms with Gasteiger partial charge in [-0.2, -0.15) is 0 Å². The van der Waals surface area contributed by atoms with Gasteiger partial charge in [-0.3, -0.25) is 4.79 Å². The highest BCUT2D eigenvalue weighted by atomic mass is 32.2. The van der Waals surface area contributed by atoms with Gasteiger partial charge in [0.05, 0.1) is 10.5 Å². The molecule has 0 aromatic rings. The molecule has 0 bridgehead atoms. The van der Waals surface area contributed by atoms with E-state index in [2.05, 4.69) is 0 Å². The Balaban J connectivity index is 4.15. The fourth-order valence-electron chi connectivity index (χ4n) is 0.720. The summed E-state index contributed by atoms with van der Waals surface area (Å²) < 4.78 is 22.1. The van der Waals surface area contributed by atoms with E-state index in [0.29, 0.717) is 0 Å². The van der Waals surface area contributed by atoms with E-state index >= 15 is 0 Å². The highest BCUT2D eigenvalue weighted by Gasteiger charge is 2.28. The maximum Gasteiger partial charge on any atom is 0.303 e. The third-order valence-electron chi connectivity index (χ3n) is 1.74. The lowest BCUT2D eigenvalue weighted by atomic mass is 10.3. The molecule has 0 aliphatic carbocycles. The first-order chi connectivity index (χ1) is 5.67. The van der Waals surface area contributed by atoms with Gasteiger partial charge in [0.15, 0.2) is 9.84 Å². The predicted molar refractivity (Wildman–Crippen MR) is 50.4 cm³/mol. The highest BCUT2D eigenvalue weighted by molar-refractivity contribution is 7.92. The Kier molecular flexibility index (Phi) is 3.90. The minimum absolute atomic E-state index is 0.0528. The number of carbonyl (C=O) groups is 1. The average molecular weight is 208 g/mol. The molecule has 0 amide bonds. The molecule has 0 saturated carbocycles. The van der Waals surface area contributed by atoms with E-state index in [-0.39, 0.29) is 18.6 Å². The van der Waals surface area contributed by atoms with Crippen LogP contribution in [0.1, 0.15) is 33.6 Å². The molecular formula is C8H16O4S. The molecule has 0 fully saturated rings. The zero-order valence-corrected chi connectivity index (χ0v) is 9.02. The normalized spacial score (nSPS) is 12.8. The second-order valence-corrected chi connectivity index (χ2v) is 6.79.